The number of amides is 1. The highest BCUT2D eigenvalue weighted by Crippen LogP contribution is 2.34. The Bertz CT molecular complexity index is 775. The van der Waals surface area contributed by atoms with Gasteiger partial charge in [-0.25, -0.2) is 0 Å². The van der Waals surface area contributed by atoms with Gasteiger partial charge in [-0.1, -0.05) is 22.0 Å². The number of carbonyl (C=O) groups excluding carboxylic acids is 1. The molecule has 1 aliphatic heterocycles. The van der Waals surface area contributed by atoms with E-state index in [4.69, 9.17) is 9.47 Å². The van der Waals surface area contributed by atoms with Gasteiger partial charge in [0.1, 0.15) is 11.5 Å². The molecule has 0 N–H and O–H groups in total. The third-order valence-electron chi connectivity index (χ3n) is 4.55. The summed E-state index contributed by atoms with van der Waals surface area (Å²) in [4.78, 5) is 15.0. The van der Waals surface area contributed by atoms with Gasteiger partial charge in [-0.2, -0.15) is 0 Å². The van der Waals surface area contributed by atoms with Gasteiger partial charge in [0, 0.05) is 11.0 Å². The SMILES string of the molecule is COc1ccc2c(c1)C(C)N(C(=O)c1cc(Br)ccc1OC)CC2. The van der Waals surface area contributed by atoms with Gasteiger partial charge in [0.25, 0.3) is 5.91 Å². The number of methoxy groups -OCH3 is 2. The highest BCUT2D eigenvalue weighted by molar-refractivity contribution is 9.10. The van der Waals surface area contributed by atoms with Crippen LogP contribution < -0.4 is 9.47 Å². The Morgan fingerprint density at radius 3 is 2.67 bits per heavy atom. The minimum absolute atomic E-state index is 0.0139. The van der Waals surface area contributed by atoms with Gasteiger partial charge >= 0.3 is 0 Å². The molecule has 0 radical (unpaired) electrons. The van der Waals surface area contributed by atoms with Crippen molar-refractivity contribution in [1.82, 2.24) is 4.90 Å². The van der Waals surface area contributed by atoms with E-state index in [2.05, 4.69) is 28.9 Å². The standard InChI is InChI=1S/C19H20BrNO3/c1-12-16-11-15(23-2)6-4-13(16)8-9-21(12)19(22)17-10-14(20)5-7-18(17)24-3/h4-7,10-12H,8-9H2,1-3H3. The summed E-state index contributed by atoms with van der Waals surface area (Å²) in [6.07, 6.45) is 0.839. The molecule has 24 heavy (non-hydrogen) atoms. The van der Waals surface area contributed by atoms with Crippen LogP contribution in [0.3, 0.4) is 0 Å². The lowest BCUT2D eigenvalue weighted by Crippen LogP contribution is -2.39. The lowest BCUT2D eigenvalue weighted by Gasteiger charge is -2.35. The lowest BCUT2D eigenvalue weighted by molar-refractivity contribution is 0.0674. The molecule has 1 amide bonds. The minimum atomic E-state index is -0.0193. The summed E-state index contributed by atoms with van der Waals surface area (Å²) >= 11 is 3.43. The number of hydrogen-bond acceptors (Lipinski definition) is 3. The first-order valence-electron chi connectivity index (χ1n) is 7.86. The number of fused-ring (bicyclic) bond motifs is 1. The largest absolute Gasteiger partial charge is 0.497 e. The first-order chi connectivity index (χ1) is 11.5. The molecule has 0 spiro atoms. The molecule has 1 atom stereocenters. The summed E-state index contributed by atoms with van der Waals surface area (Å²) < 4.78 is 11.6. The van der Waals surface area contributed by atoms with Gasteiger partial charge in [0.2, 0.25) is 0 Å². The van der Waals surface area contributed by atoms with Crippen LogP contribution in [-0.4, -0.2) is 31.6 Å². The predicted octanol–water partition coefficient (Wildman–Crippen LogP) is 4.23. The number of rotatable bonds is 3. The molecular weight excluding hydrogens is 370 g/mol. The average molecular weight is 390 g/mol. The zero-order chi connectivity index (χ0) is 17.3. The summed E-state index contributed by atoms with van der Waals surface area (Å²) in [6, 6.07) is 11.6. The Hall–Kier alpha value is -2.01. The maximum atomic E-state index is 13.1. The van der Waals surface area contributed by atoms with Crippen molar-refractivity contribution in [3.05, 3.63) is 57.6 Å². The fourth-order valence-electron chi connectivity index (χ4n) is 3.20. The maximum absolute atomic E-state index is 13.1. The fraction of sp³-hybridized carbons (Fsp3) is 0.316. The Morgan fingerprint density at radius 1 is 1.17 bits per heavy atom. The number of nitrogens with zero attached hydrogens (tertiary/aromatic N) is 1. The third-order valence-corrected chi connectivity index (χ3v) is 5.04. The highest BCUT2D eigenvalue weighted by Gasteiger charge is 2.30. The number of ether oxygens (including phenoxy) is 2. The van der Waals surface area contributed by atoms with Crippen molar-refractivity contribution < 1.29 is 14.3 Å². The van der Waals surface area contributed by atoms with Crippen LogP contribution >= 0.6 is 15.9 Å². The summed E-state index contributed by atoms with van der Waals surface area (Å²) in [5, 5.41) is 0. The first kappa shape index (κ1) is 16.8. The molecular formula is C19H20BrNO3. The van der Waals surface area contributed by atoms with Crippen LogP contribution in [0.15, 0.2) is 40.9 Å². The van der Waals surface area contributed by atoms with Crippen LogP contribution in [0.2, 0.25) is 0 Å². The van der Waals surface area contributed by atoms with E-state index < -0.39 is 0 Å². The molecule has 2 aromatic rings. The Kier molecular flexibility index (Phi) is 4.81. The molecule has 1 aliphatic rings. The summed E-state index contributed by atoms with van der Waals surface area (Å²) in [7, 11) is 3.24. The molecule has 5 heteroatoms. The van der Waals surface area contributed by atoms with E-state index in [1.807, 2.05) is 35.2 Å². The van der Waals surface area contributed by atoms with Crippen LogP contribution in [0.25, 0.3) is 0 Å². The first-order valence-corrected chi connectivity index (χ1v) is 8.65. The van der Waals surface area contributed by atoms with Crippen LogP contribution in [0.1, 0.15) is 34.5 Å². The zero-order valence-corrected chi connectivity index (χ0v) is 15.6. The highest BCUT2D eigenvalue weighted by atomic mass is 79.9. The van der Waals surface area contributed by atoms with Crippen LogP contribution in [0, 0.1) is 0 Å². The van der Waals surface area contributed by atoms with Gasteiger partial charge in [-0.15, -0.1) is 0 Å². The summed E-state index contributed by atoms with van der Waals surface area (Å²) in [5.41, 5.74) is 2.99. The molecule has 126 valence electrons. The van der Waals surface area contributed by atoms with E-state index in [1.54, 1.807) is 14.2 Å². The number of hydrogen-bond donors (Lipinski definition) is 0. The Balaban J connectivity index is 1.96. The van der Waals surface area contributed by atoms with E-state index in [-0.39, 0.29) is 11.9 Å². The second kappa shape index (κ2) is 6.85. The van der Waals surface area contributed by atoms with Gasteiger partial charge in [-0.3, -0.25) is 4.79 Å². The van der Waals surface area contributed by atoms with Crippen molar-refractivity contribution in [2.24, 2.45) is 0 Å². The normalized spacial score (nSPS) is 16.5. The predicted molar refractivity (Wildman–Crippen MR) is 96.8 cm³/mol. The molecule has 2 aromatic carbocycles. The van der Waals surface area contributed by atoms with E-state index in [0.29, 0.717) is 17.9 Å². The van der Waals surface area contributed by atoms with E-state index in [1.165, 1.54) is 5.56 Å². The van der Waals surface area contributed by atoms with E-state index >= 15 is 0 Å². The quantitative estimate of drug-likeness (QED) is 0.788. The van der Waals surface area contributed by atoms with E-state index in [0.717, 1.165) is 22.2 Å². The molecule has 0 saturated heterocycles. The van der Waals surface area contributed by atoms with E-state index in [9.17, 15) is 4.79 Å². The van der Waals surface area contributed by atoms with Crippen molar-refractivity contribution in [3.8, 4) is 11.5 Å². The average Bonchev–Trinajstić information content (AvgIpc) is 2.61. The number of carbonyl (C=O) groups is 1. The van der Waals surface area contributed by atoms with Gasteiger partial charge in [0.05, 0.1) is 25.8 Å². The Morgan fingerprint density at radius 2 is 1.96 bits per heavy atom. The smallest absolute Gasteiger partial charge is 0.258 e. The molecule has 3 rings (SSSR count). The second-order valence-electron chi connectivity index (χ2n) is 5.83. The fourth-order valence-corrected chi connectivity index (χ4v) is 3.56. The lowest BCUT2D eigenvalue weighted by atomic mass is 9.92. The van der Waals surface area contributed by atoms with Crippen molar-refractivity contribution in [1.29, 1.82) is 0 Å². The molecule has 0 aromatic heterocycles. The zero-order valence-electron chi connectivity index (χ0n) is 14.0. The number of halogens is 1. The Labute approximate surface area is 150 Å². The maximum Gasteiger partial charge on any atom is 0.258 e. The van der Waals surface area contributed by atoms with Gasteiger partial charge < -0.3 is 14.4 Å². The third kappa shape index (κ3) is 3.00. The molecule has 1 heterocycles. The van der Waals surface area contributed by atoms with Crippen molar-refractivity contribution in [3.63, 3.8) is 0 Å². The van der Waals surface area contributed by atoms with Crippen LogP contribution in [0.5, 0.6) is 11.5 Å². The van der Waals surface area contributed by atoms with Gasteiger partial charge in [-0.05, 0) is 54.8 Å². The topological polar surface area (TPSA) is 38.8 Å². The minimum Gasteiger partial charge on any atom is -0.497 e. The molecule has 1 unspecified atom stereocenters. The summed E-state index contributed by atoms with van der Waals surface area (Å²) in [6.45, 7) is 2.74. The van der Waals surface area contributed by atoms with Crippen molar-refractivity contribution in [2.45, 2.75) is 19.4 Å². The number of benzene rings is 2. The van der Waals surface area contributed by atoms with Crippen molar-refractivity contribution >= 4 is 21.8 Å². The molecule has 4 nitrogen and oxygen atoms in total. The van der Waals surface area contributed by atoms with Crippen LogP contribution in [0.4, 0.5) is 0 Å². The van der Waals surface area contributed by atoms with Crippen molar-refractivity contribution in [2.75, 3.05) is 20.8 Å². The van der Waals surface area contributed by atoms with Crippen LogP contribution in [-0.2, 0) is 6.42 Å². The summed E-state index contributed by atoms with van der Waals surface area (Å²) in [5.74, 6) is 1.39. The second-order valence-corrected chi connectivity index (χ2v) is 6.75. The molecule has 0 fully saturated rings. The molecule has 0 bridgehead atoms. The van der Waals surface area contributed by atoms with Gasteiger partial charge in [0.15, 0.2) is 0 Å². The molecule has 0 saturated carbocycles. The monoisotopic (exact) mass is 389 g/mol. The molecule has 0 aliphatic carbocycles.